The maximum atomic E-state index is 9.62. The van der Waals surface area contributed by atoms with E-state index in [1.165, 1.54) is 0 Å². The van der Waals surface area contributed by atoms with Crippen molar-refractivity contribution in [1.82, 2.24) is 5.32 Å². The molecule has 0 radical (unpaired) electrons. The van der Waals surface area contributed by atoms with Crippen LogP contribution in [-0.2, 0) is 0 Å². The number of hydrogen-bond acceptors (Lipinski definition) is 6. The zero-order valence-electron chi connectivity index (χ0n) is 9.16. The molecule has 96 valence electrons. The van der Waals surface area contributed by atoms with Crippen molar-refractivity contribution < 1.29 is 25.5 Å². The molecule has 0 aromatic carbocycles. The molecule has 1 fully saturated rings. The van der Waals surface area contributed by atoms with E-state index in [1.807, 2.05) is 0 Å². The van der Waals surface area contributed by atoms with Gasteiger partial charge in [-0.1, -0.05) is 0 Å². The molecule has 6 heteroatoms. The first-order chi connectivity index (χ1) is 7.56. The first kappa shape index (κ1) is 13.8. The third-order valence-electron chi connectivity index (χ3n) is 3.02. The van der Waals surface area contributed by atoms with Crippen molar-refractivity contribution in [2.24, 2.45) is 0 Å². The van der Waals surface area contributed by atoms with Gasteiger partial charge in [-0.15, -0.1) is 0 Å². The highest BCUT2D eigenvalue weighted by Crippen LogP contribution is 2.19. The fourth-order valence-corrected chi connectivity index (χ4v) is 2.00. The summed E-state index contributed by atoms with van der Waals surface area (Å²) in [4.78, 5) is 0. The van der Waals surface area contributed by atoms with Crippen LogP contribution < -0.4 is 5.32 Å². The Bertz CT molecular complexity index is 204. The molecule has 0 heterocycles. The van der Waals surface area contributed by atoms with E-state index in [0.717, 1.165) is 0 Å². The van der Waals surface area contributed by atoms with Crippen LogP contribution in [0.4, 0.5) is 0 Å². The van der Waals surface area contributed by atoms with Crippen molar-refractivity contribution in [3.63, 3.8) is 0 Å². The van der Waals surface area contributed by atoms with Crippen molar-refractivity contribution in [1.29, 1.82) is 0 Å². The van der Waals surface area contributed by atoms with Crippen LogP contribution in [0.15, 0.2) is 0 Å². The lowest BCUT2D eigenvalue weighted by Crippen LogP contribution is -2.49. The summed E-state index contributed by atoms with van der Waals surface area (Å²) in [7, 11) is 0. The number of hydrogen-bond donors (Lipinski definition) is 6. The normalized spacial score (nSPS) is 41.4. The molecule has 0 bridgehead atoms. The van der Waals surface area contributed by atoms with Crippen LogP contribution in [0.25, 0.3) is 0 Å². The second-order valence-electron chi connectivity index (χ2n) is 4.30. The highest BCUT2D eigenvalue weighted by molar-refractivity contribution is 4.87. The predicted molar refractivity (Wildman–Crippen MR) is 56.8 cm³/mol. The van der Waals surface area contributed by atoms with Gasteiger partial charge in [-0.25, -0.2) is 0 Å². The van der Waals surface area contributed by atoms with E-state index in [1.54, 1.807) is 0 Å². The Morgan fingerprint density at radius 2 is 1.56 bits per heavy atom. The van der Waals surface area contributed by atoms with Gasteiger partial charge >= 0.3 is 0 Å². The van der Waals surface area contributed by atoms with E-state index in [9.17, 15) is 20.4 Å². The molecule has 5 atom stereocenters. The first-order valence-electron chi connectivity index (χ1n) is 5.62. The fourth-order valence-electron chi connectivity index (χ4n) is 2.00. The molecule has 6 nitrogen and oxygen atoms in total. The summed E-state index contributed by atoms with van der Waals surface area (Å²) < 4.78 is 0. The van der Waals surface area contributed by atoms with Crippen LogP contribution >= 0.6 is 0 Å². The van der Waals surface area contributed by atoms with Crippen molar-refractivity contribution in [2.75, 3.05) is 13.2 Å². The van der Waals surface area contributed by atoms with Crippen LogP contribution in [0, 0.1) is 0 Å². The van der Waals surface area contributed by atoms with E-state index in [0.29, 0.717) is 25.8 Å². The number of rotatable bonds is 3. The second kappa shape index (κ2) is 6.48. The summed E-state index contributed by atoms with van der Waals surface area (Å²) in [5.74, 6) is 0. The Morgan fingerprint density at radius 3 is 2.19 bits per heavy atom. The van der Waals surface area contributed by atoms with E-state index >= 15 is 0 Å². The maximum Gasteiger partial charge on any atom is 0.108 e. The summed E-state index contributed by atoms with van der Waals surface area (Å²) in [6, 6.07) is -0.0704. The largest absolute Gasteiger partial charge is 0.395 e. The highest BCUT2D eigenvalue weighted by atomic mass is 16.4. The zero-order chi connectivity index (χ0) is 12.1. The van der Waals surface area contributed by atoms with Gasteiger partial charge in [0.25, 0.3) is 0 Å². The Morgan fingerprint density at radius 1 is 0.938 bits per heavy atom. The average Bonchev–Trinajstić information content (AvgIpc) is 2.28. The number of aliphatic hydroxyl groups is 5. The van der Waals surface area contributed by atoms with Gasteiger partial charge in [0.15, 0.2) is 0 Å². The molecule has 16 heavy (non-hydrogen) atoms. The molecule has 0 saturated heterocycles. The quantitative estimate of drug-likeness (QED) is 0.324. The van der Waals surface area contributed by atoms with Gasteiger partial charge in [0.05, 0.1) is 18.8 Å². The minimum absolute atomic E-state index is 0.000325. The van der Waals surface area contributed by atoms with E-state index in [2.05, 4.69) is 5.32 Å². The molecule has 0 amide bonds. The third kappa shape index (κ3) is 3.65. The Labute approximate surface area is 94.5 Å². The lowest BCUT2D eigenvalue weighted by Gasteiger charge is -2.33. The standard InChI is InChI=1S/C10H21NO5/c12-4-3-11-6-1-2-7(13)9(15)10(16)8(14)5-6/h6-16H,1-5H2/t6?,7-,8-,9-,10-/m1/s1. The lowest BCUT2D eigenvalue weighted by molar-refractivity contribution is -0.117. The SMILES string of the molecule is OCCNC1CC[C@@H](O)[C@@H](O)[C@H](O)[C@H](O)C1. The molecule has 1 rings (SSSR count). The summed E-state index contributed by atoms with van der Waals surface area (Å²) >= 11 is 0. The molecule has 1 aliphatic carbocycles. The minimum Gasteiger partial charge on any atom is -0.395 e. The lowest BCUT2D eigenvalue weighted by atomic mass is 9.89. The van der Waals surface area contributed by atoms with Gasteiger partial charge in [0.2, 0.25) is 0 Å². The third-order valence-corrected chi connectivity index (χ3v) is 3.02. The molecule has 1 aliphatic rings. The Balaban J connectivity index is 2.54. The van der Waals surface area contributed by atoms with Crippen molar-refractivity contribution >= 4 is 0 Å². The van der Waals surface area contributed by atoms with Gasteiger partial charge in [-0.05, 0) is 19.3 Å². The van der Waals surface area contributed by atoms with Crippen molar-refractivity contribution in [2.45, 2.75) is 49.7 Å². The van der Waals surface area contributed by atoms with Gasteiger partial charge in [0, 0.05) is 12.6 Å². The summed E-state index contributed by atoms with van der Waals surface area (Å²) in [5, 5.41) is 49.8. The summed E-state index contributed by atoms with van der Waals surface area (Å²) in [5.41, 5.74) is 0. The molecule has 1 unspecified atom stereocenters. The molecule has 6 N–H and O–H groups in total. The van der Waals surface area contributed by atoms with Gasteiger partial charge in [-0.2, -0.15) is 0 Å². The summed E-state index contributed by atoms with van der Waals surface area (Å²) in [6.45, 7) is 0.409. The van der Waals surface area contributed by atoms with Gasteiger partial charge in [0.1, 0.15) is 12.2 Å². The van der Waals surface area contributed by atoms with E-state index < -0.39 is 24.4 Å². The minimum atomic E-state index is -1.33. The topological polar surface area (TPSA) is 113 Å². The molecule has 0 aromatic heterocycles. The van der Waals surface area contributed by atoms with Crippen molar-refractivity contribution in [3.05, 3.63) is 0 Å². The zero-order valence-corrected chi connectivity index (χ0v) is 9.16. The molecule has 0 spiro atoms. The highest BCUT2D eigenvalue weighted by Gasteiger charge is 2.34. The van der Waals surface area contributed by atoms with Crippen LogP contribution in [0.2, 0.25) is 0 Å². The van der Waals surface area contributed by atoms with Crippen LogP contribution in [0.1, 0.15) is 19.3 Å². The van der Waals surface area contributed by atoms with E-state index in [-0.39, 0.29) is 12.6 Å². The van der Waals surface area contributed by atoms with Crippen LogP contribution in [0.5, 0.6) is 0 Å². The monoisotopic (exact) mass is 235 g/mol. The molecule has 0 aliphatic heterocycles. The molecule has 0 aromatic rings. The second-order valence-corrected chi connectivity index (χ2v) is 4.30. The predicted octanol–water partition coefficient (Wildman–Crippen LogP) is -2.44. The maximum absolute atomic E-state index is 9.62. The van der Waals surface area contributed by atoms with Crippen LogP contribution in [0.3, 0.4) is 0 Å². The fraction of sp³-hybridized carbons (Fsp3) is 1.00. The first-order valence-corrected chi connectivity index (χ1v) is 5.62. The van der Waals surface area contributed by atoms with Gasteiger partial charge < -0.3 is 30.8 Å². The Kier molecular flexibility index (Phi) is 5.60. The molecule has 1 saturated carbocycles. The average molecular weight is 235 g/mol. The molecular weight excluding hydrogens is 214 g/mol. The smallest absolute Gasteiger partial charge is 0.108 e. The summed E-state index contributed by atoms with van der Waals surface area (Å²) in [6.07, 6.45) is -3.48. The van der Waals surface area contributed by atoms with E-state index in [4.69, 9.17) is 5.11 Å². The Hall–Kier alpha value is -0.240. The van der Waals surface area contributed by atoms with Crippen LogP contribution in [-0.4, -0.2) is 69.1 Å². The van der Waals surface area contributed by atoms with Crippen molar-refractivity contribution in [3.8, 4) is 0 Å². The van der Waals surface area contributed by atoms with Gasteiger partial charge in [-0.3, -0.25) is 0 Å². The molecular formula is C10H21NO5. The number of nitrogens with one attached hydrogen (secondary N) is 1. The number of aliphatic hydroxyl groups excluding tert-OH is 5.